The Labute approximate surface area is 128 Å². The Morgan fingerprint density at radius 2 is 0.950 bits per heavy atom. The first kappa shape index (κ1) is 19.1. The molecule has 0 aliphatic carbocycles. The fourth-order valence-electron chi connectivity index (χ4n) is 1.70. The third-order valence-electron chi connectivity index (χ3n) is 2.40. The Morgan fingerprint density at radius 3 is 1.20 bits per heavy atom. The molecule has 0 atom stereocenters. The van der Waals surface area contributed by atoms with E-state index < -0.39 is 30.0 Å². The molecule has 2 aromatic carbocycles. The molecule has 0 saturated heterocycles. The van der Waals surface area contributed by atoms with E-state index in [1.54, 1.807) is 0 Å². The molecule has 0 fully saturated rings. The molecule has 0 saturated carbocycles. The SMILES string of the molecule is Cl.Cl.O=S(=O)(O)c1cccc2c(S(=O)(=O)O)cccc12. The van der Waals surface area contributed by atoms with Crippen molar-refractivity contribution in [1.82, 2.24) is 0 Å². The summed E-state index contributed by atoms with van der Waals surface area (Å²) in [6.07, 6.45) is 0. The minimum atomic E-state index is -4.47. The molecule has 112 valence electrons. The molecule has 0 radical (unpaired) electrons. The maximum Gasteiger partial charge on any atom is 0.295 e. The highest BCUT2D eigenvalue weighted by atomic mass is 35.5. The minimum Gasteiger partial charge on any atom is -0.282 e. The second-order valence-corrected chi connectivity index (χ2v) is 6.34. The van der Waals surface area contributed by atoms with E-state index in [2.05, 4.69) is 0 Å². The number of fused-ring (bicyclic) bond motifs is 1. The van der Waals surface area contributed by atoms with Gasteiger partial charge in [0, 0.05) is 10.8 Å². The molecule has 10 heteroatoms. The first-order valence-electron chi connectivity index (χ1n) is 4.68. The number of rotatable bonds is 2. The van der Waals surface area contributed by atoms with Gasteiger partial charge in [-0.25, -0.2) is 0 Å². The van der Waals surface area contributed by atoms with E-state index in [1.807, 2.05) is 0 Å². The zero-order chi connectivity index (χ0) is 13.6. The summed E-state index contributed by atoms with van der Waals surface area (Å²) in [7, 11) is -8.94. The quantitative estimate of drug-likeness (QED) is 0.794. The summed E-state index contributed by atoms with van der Waals surface area (Å²) in [5.74, 6) is 0. The van der Waals surface area contributed by atoms with Crippen molar-refractivity contribution in [3.63, 3.8) is 0 Å². The van der Waals surface area contributed by atoms with Crippen LogP contribution in [-0.4, -0.2) is 25.9 Å². The zero-order valence-electron chi connectivity index (χ0n) is 9.62. The van der Waals surface area contributed by atoms with Crippen molar-refractivity contribution in [2.24, 2.45) is 0 Å². The van der Waals surface area contributed by atoms with Crippen LogP contribution in [0.4, 0.5) is 0 Å². The van der Waals surface area contributed by atoms with Gasteiger partial charge in [-0.1, -0.05) is 24.3 Å². The van der Waals surface area contributed by atoms with Crippen molar-refractivity contribution in [2.45, 2.75) is 9.79 Å². The highest BCUT2D eigenvalue weighted by Gasteiger charge is 2.18. The van der Waals surface area contributed by atoms with Crippen LogP contribution in [0.1, 0.15) is 0 Å². The van der Waals surface area contributed by atoms with Gasteiger partial charge < -0.3 is 0 Å². The lowest BCUT2D eigenvalue weighted by molar-refractivity contribution is 0.481. The average molecular weight is 361 g/mol. The van der Waals surface area contributed by atoms with E-state index in [1.165, 1.54) is 24.3 Å². The topological polar surface area (TPSA) is 109 Å². The largest absolute Gasteiger partial charge is 0.295 e. The molecule has 0 aliphatic rings. The van der Waals surface area contributed by atoms with Gasteiger partial charge in [-0.15, -0.1) is 24.8 Å². The van der Waals surface area contributed by atoms with Crippen molar-refractivity contribution >= 4 is 55.8 Å². The monoisotopic (exact) mass is 360 g/mol. The second-order valence-electron chi connectivity index (χ2n) is 3.56. The Kier molecular flexibility index (Phi) is 5.97. The van der Waals surface area contributed by atoms with Gasteiger partial charge in [-0.3, -0.25) is 9.11 Å². The Hall–Kier alpha value is -0.900. The molecule has 0 aliphatic heterocycles. The highest BCUT2D eigenvalue weighted by Crippen LogP contribution is 2.27. The average Bonchev–Trinajstić information content (AvgIpc) is 2.24. The van der Waals surface area contributed by atoms with E-state index in [9.17, 15) is 16.8 Å². The standard InChI is InChI=1S/C10H8O6S2.2ClH/c11-17(12,13)9-5-1-3-7-8(9)4-2-6-10(7)18(14,15)16;;/h1-6H,(H,11,12,13)(H,14,15,16);2*1H. The van der Waals surface area contributed by atoms with Gasteiger partial charge >= 0.3 is 0 Å². The number of benzene rings is 2. The molecule has 2 aromatic rings. The van der Waals surface area contributed by atoms with Crippen LogP contribution in [0.2, 0.25) is 0 Å². The summed E-state index contributed by atoms with van der Waals surface area (Å²) in [5, 5.41) is 0.0465. The zero-order valence-corrected chi connectivity index (χ0v) is 12.9. The summed E-state index contributed by atoms with van der Waals surface area (Å²) < 4.78 is 62.7. The molecule has 0 amide bonds. The molecule has 0 unspecified atom stereocenters. The van der Waals surface area contributed by atoms with Crippen molar-refractivity contribution in [3.8, 4) is 0 Å². The summed E-state index contributed by atoms with van der Waals surface area (Å²) in [5.41, 5.74) is 0. The summed E-state index contributed by atoms with van der Waals surface area (Å²) in [4.78, 5) is -0.823. The van der Waals surface area contributed by atoms with Crippen molar-refractivity contribution in [1.29, 1.82) is 0 Å². The molecule has 20 heavy (non-hydrogen) atoms. The van der Waals surface area contributed by atoms with Crippen LogP contribution in [0, 0.1) is 0 Å². The Bertz CT molecular complexity index is 759. The molecular weight excluding hydrogens is 351 g/mol. The lowest BCUT2D eigenvalue weighted by atomic mass is 10.1. The van der Waals surface area contributed by atoms with Gasteiger partial charge in [-0.05, 0) is 12.1 Å². The van der Waals surface area contributed by atoms with Crippen LogP contribution in [0.3, 0.4) is 0 Å². The molecular formula is C10H10Cl2O6S2. The van der Waals surface area contributed by atoms with E-state index in [0.717, 1.165) is 12.1 Å². The number of hydrogen-bond donors (Lipinski definition) is 2. The first-order chi connectivity index (χ1) is 8.21. The maximum absolute atomic E-state index is 11.2. The van der Waals surface area contributed by atoms with Gasteiger partial charge in [0.1, 0.15) is 9.79 Å². The fraction of sp³-hybridized carbons (Fsp3) is 0. The van der Waals surface area contributed by atoms with E-state index in [4.69, 9.17) is 9.11 Å². The van der Waals surface area contributed by atoms with Gasteiger partial charge in [-0.2, -0.15) is 16.8 Å². The molecule has 0 heterocycles. The van der Waals surface area contributed by atoms with Gasteiger partial charge in [0.15, 0.2) is 0 Å². The van der Waals surface area contributed by atoms with E-state index in [0.29, 0.717) is 0 Å². The highest BCUT2D eigenvalue weighted by molar-refractivity contribution is 7.86. The Balaban J connectivity index is 0.00000180. The maximum atomic E-state index is 11.2. The van der Waals surface area contributed by atoms with Crippen LogP contribution in [0.25, 0.3) is 10.8 Å². The van der Waals surface area contributed by atoms with Crippen LogP contribution in [-0.2, 0) is 20.2 Å². The lowest BCUT2D eigenvalue weighted by Gasteiger charge is -2.06. The predicted octanol–water partition coefficient (Wildman–Crippen LogP) is 2.18. The fourth-order valence-corrected chi connectivity index (χ4v) is 3.12. The molecule has 0 spiro atoms. The van der Waals surface area contributed by atoms with Gasteiger partial charge in [0.2, 0.25) is 0 Å². The molecule has 2 rings (SSSR count). The number of hydrogen-bond acceptors (Lipinski definition) is 4. The number of halogens is 2. The molecule has 0 bridgehead atoms. The van der Waals surface area contributed by atoms with Gasteiger partial charge in [0.05, 0.1) is 0 Å². The lowest BCUT2D eigenvalue weighted by Crippen LogP contribution is -2.02. The van der Waals surface area contributed by atoms with Crippen LogP contribution in [0.5, 0.6) is 0 Å². The smallest absolute Gasteiger partial charge is 0.282 e. The van der Waals surface area contributed by atoms with Gasteiger partial charge in [0.25, 0.3) is 20.2 Å². The summed E-state index contributed by atoms with van der Waals surface area (Å²) >= 11 is 0. The van der Waals surface area contributed by atoms with Crippen LogP contribution < -0.4 is 0 Å². The molecule has 0 aromatic heterocycles. The van der Waals surface area contributed by atoms with Crippen molar-refractivity contribution in [2.75, 3.05) is 0 Å². The van der Waals surface area contributed by atoms with Crippen LogP contribution >= 0.6 is 24.8 Å². The Morgan fingerprint density at radius 1 is 0.650 bits per heavy atom. The minimum absolute atomic E-state index is 0. The predicted molar refractivity (Wildman–Crippen MR) is 78.1 cm³/mol. The van der Waals surface area contributed by atoms with E-state index in [-0.39, 0.29) is 35.6 Å². The van der Waals surface area contributed by atoms with Crippen molar-refractivity contribution < 1.29 is 25.9 Å². The normalized spacial score (nSPS) is 11.5. The molecule has 2 N–H and O–H groups in total. The third kappa shape index (κ3) is 3.60. The van der Waals surface area contributed by atoms with E-state index >= 15 is 0 Å². The van der Waals surface area contributed by atoms with Crippen molar-refractivity contribution in [3.05, 3.63) is 36.4 Å². The third-order valence-corrected chi connectivity index (χ3v) is 4.22. The molecule has 6 nitrogen and oxygen atoms in total. The van der Waals surface area contributed by atoms with Crippen LogP contribution in [0.15, 0.2) is 46.2 Å². The summed E-state index contributed by atoms with van der Waals surface area (Å²) in [6.45, 7) is 0. The second kappa shape index (κ2) is 6.25. The summed E-state index contributed by atoms with van der Waals surface area (Å²) in [6, 6.07) is 7.53. The first-order valence-corrected chi connectivity index (χ1v) is 7.56.